The van der Waals surface area contributed by atoms with Crippen molar-refractivity contribution in [3.05, 3.63) is 36.5 Å². The van der Waals surface area contributed by atoms with Gasteiger partial charge in [-0.05, 0) is 51.4 Å². The van der Waals surface area contributed by atoms with Crippen LogP contribution < -0.4 is 5.32 Å². The van der Waals surface area contributed by atoms with E-state index in [-0.39, 0.29) is 12.5 Å². The molecule has 0 aromatic carbocycles. The fourth-order valence-corrected chi connectivity index (χ4v) is 6.82. The number of carbonyl (C=O) groups excluding carboxylic acids is 1. The van der Waals surface area contributed by atoms with E-state index >= 15 is 0 Å². The lowest BCUT2D eigenvalue weighted by Gasteiger charge is -2.19. The van der Waals surface area contributed by atoms with Crippen molar-refractivity contribution in [2.24, 2.45) is 0 Å². The summed E-state index contributed by atoms with van der Waals surface area (Å²) in [6, 6.07) is -0.641. The highest BCUT2D eigenvalue weighted by Crippen LogP contribution is 2.16. The van der Waals surface area contributed by atoms with E-state index in [1.165, 1.54) is 173 Å². The smallest absolute Gasteiger partial charge is 0.220 e. The Labute approximate surface area is 319 Å². The van der Waals surface area contributed by atoms with Gasteiger partial charge in [-0.15, -0.1) is 0 Å². The molecular weight excluding hydrogens is 627 g/mol. The maximum atomic E-state index is 12.3. The molecule has 0 rings (SSSR count). The Morgan fingerprint density at radius 2 is 0.784 bits per heavy atom. The SMILES string of the molecule is CCCC/C=C\CCCCCCCC(=O)NC(CO)C(O)/C=C/CC/C=C/CCCCCCCCCCCCCCCCCCCCCCCC. The Hall–Kier alpha value is -1.39. The van der Waals surface area contributed by atoms with Crippen molar-refractivity contribution in [2.45, 2.75) is 251 Å². The van der Waals surface area contributed by atoms with Crippen molar-refractivity contribution in [3.8, 4) is 0 Å². The molecule has 2 atom stereocenters. The summed E-state index contributed by atoms with van der Waals surface area (Å²) >= 11 is 0. The van der Waals surface area contributed by atoms with Gasteiger partial charge in [0.05, 0.1) is 18.8 Å². The number of aliphatic hydroxyl groups excluding tert-OH is 2. The molecule has 0 fully saturated rings. The molecule has 0 radical (unpaired) electrons. The molecule has 0 bridgehead atoms. The van der Waals surface area contributed by atoms with Crippen LogP contribution in [0.5, 0.6) is 0 Å². The second kappa shape index (κ2) is 43.0. The predicted molar refractivity (Wildman–Crippen MR) is 225 cm³/mol. The van der Waals surface area contributed by atoms with E-state index in [4.69, 9.17) is 0 Å². The van der Waals surface area contributed by atoms with E-state index in [1.807, 2.05) is 6.08 Å². The summed E-state index contributed by atoms with van der Waals surface area (Å²) in [7, 11) is 0. The highest BCUT2D eigenvalue weighted by molar-refractivity contribution is 5.76. The number of hydrogen-bond donors (Lipinski definition) is 3. The molecule has 0 spiro atoms. The second-order valence-electron chi connectivity index (χ2n) is 15.5. The maximum absolute atomic E-state index is 12.3. The van der Waals surface area contributed by atoms with Crippen LogP contribution in [0, 0.1) is 0 Å². The molecule has 0 aromatic rings. The van der Waals surface area contributed by atoms with E-state index in [0.717, 1.165) is 44.9 Å². The molecule has 3 N–H and O–H groups in total. The summed E-state index contributed by atoms with van der Waals surface area (Å²) in [5.74, 6) is -0.0845. The van der Waals surface area contributed by atoms with Crippen LogP contribution >= 0.6 is 0 Å². The molecule has 51 heavy (non-hydrogen) atoms. The fraction of sp³-hybridized carbons (Fsp3) is 0.851. The monoisotopic (exact) mass is 716 g/mol. The summed E-state index contributed by atoms with van der Waals surface area (Å²) in [5, 5.41) is 22.9. The first-order valence-electron chi connectivity index (χ1n) is 22.7. The van der Waals surface area contributed by atoms with E-state index in [9.17, 15) is 15.0 Å². The third-order valence-electron chi connectivity index (χ3n) is 10.3. The number of hydrogen-bond acceptors (Lipinski definition) is 3. The van der Waals surface area contributed by atoms with Gasteiger partial charge in [-0.2, -0.15) is 0 Å². The lowest BCUT2D eigenvalue weighted by Crippen LogP contribution is -2.45. The molecule has 4 nitrogen and oxygen atoms in total. The molecule has 0 aromatic heterocycles. The minimum atomic E-state index is -0.864. The molecule has 0 aliphatic heterocycles. The Morgan fingerprint density at radius 3 is 1.20 bits per heavy atom. The van der Waals surface area contributed by atoms with Crippen LogP contribution in [0.25, 0.3) is 0 Å². The second-order valence-corrected chi connectivity index (χ2v) is 15.5. The Kier molecular flexibility index (Phi) is 41.8. The number of nitrogens with one attached hydrogen (secondary N) is 1. The minimum absolute atomic E-state index is 0.0845. The highest BCUT2D eigenvalue weighted by Gasteiger charge is 2.17. The van der Waals surface area contributed by atoms with E-state index in [1.54, 1.807) is 6.08 Å². The molecule has 0 heterocycles. The Morgan fingerprint density at radius 1 is 0.451 bits per heavy atom. The lowest BCUT2D eigenvalue weighted by molar-refractivity contribution is -0.123. The number of rotatable bonds is 41. The van der Waals surface area contributed by atoms with Gasteiger partial charge >= 0.3 is 0 Å². The summed E-state index contributed by atoms with van der Waals surface area (Å²) in [6.07, 6.45) is 57.1. The lowest BCUT2D eigenvalue weighted by atomic mass is 10.0. The average molecular weight is 716 g/mol. The van der Waals surface area contributed by atoms with E-state index in [0.29, 0.717) is 6.42 Å². The molecule has 0 saturated heterocycles. The van der Waals surface area contributed by atoms with Crippen LogP contribution in [0.2, 0.25) is 0 Å². The molecule has 0 aliphatic carbocycles. The minimum Gasteiger partial charge on any atom is -0.394 e. The molecule has 4 heteroatoms. The van der Waals surface area contributed by atoms with E-state index < -0.39 is 12.1 Å². The van der Waals surface area contributed by atoms with E-state index in [2.05, 4.69) is 43.5 Å². The first kappa shape index (κ1) is 49.6. The molecule has 0 aliphatic rings. The van der Waals surface area contributed by atoms with Gasteiger partial charge in [0.15, 0.2) is 0 Å². The Balaban J connectivity index is 3.52. The van der Waals surface area contributed by atoms with Crippen molar-refractivity contribution >= 4 is 5.91 Å². The van der Waals surface area contributed by atoms with Crippen LogP contribution in [0.4, 0.5) is 0 Å². The molecule has 2 unspecified atom stereocenters. The van der Waals surface area contributed by atoms with Crippen molar-refractivity contribution in [1.82, 2.24) is 5.32 Å². The van der Waals surface area contributed by atoms with Gasteiger partial charge in [0.2, 0.25) is 5.91 Å². The predicted octanol–water partition coefficient (Wildman–Crippen LogP) is 14.2. The zero-order valence-electron chi connectivity index (χ0n) is 34.4. The first-order valence-corrected chi connectivity index (χ1v) is 22.7. The molecule has 300 valence electrons. The highest BCUT2D eigenvalue weighted by atomic mass is 16.3. The third kappa shape index (κ3) is 39.6. The number of aliphatic hydroxyl groups is 2. The van der Waals surface area contributed by atoms with Crippen molar-refractivity contribution in [2.75, 3.05) is 6.61 Å². The van der Waals surface area contributed by atoms with Gasteiger partial charge in [-0.3, -0.25) is 4.79 Å². The summed E-state index contributed by atoms with van der Waals surface area (Å²) in [4.78, 5) is 12.3. The van der Waals surface area contributed by atoms with Gasteiger partial charge in [-0.25, -0.2) is 0 Å². The van der Waals surface area contributed by atoms with Gasteiger partial charge in [0.25, 0.3) is 0 Å². The van der Waals surface area contributed by atoms with Crippen LogP contribution in [0.3, 0.4) is 0 Å². The van der Waals surface area contributed by atoms with Crippen molar-refractivity contribution < 1.29 is 15.0 Å². The number of allylic oxidation sites excluding steroid dienone is 5. The average Bonchev–Trinajstić information content (AvgIpc) is 3.13. The largest absolute Gasteiger partial charge is 0.394 e. The van der Waals surface area contributed by atoms with Crippen LogP contribution in [0.15, 0.2) is 36.5 Å². The van der Waals surface area contributed by atoms with Gasteiger partial charge in [-0.1, -0.05) is 217 Å². The zero-order valence-corrected chi connectivity index (χ0v) is 34.4. The molecule has 0 saturated carbocycles. The molecular formula is C47H89NO3. The van der Waals surface area contributed by atoms with Crippen LogP contribution in [-0.2, 0) is 4.79 Å². The fourth-order valence-electron chi connectivity index (χ4n) is 6.82. The summed E-state index contributed by atoms with van der Waals surface area (Å²) in [6.45, 7) is 4.26. The maximum Gasteiger partial charge on any atom is 0.220 e. The van der Waals surface area contributed by atoms with Gasteiger partial charge < -0.3 is 15.5 Å². The van der Waals surface area contributed by atoms with Crippen molar-refractivity contribution in [3.63, 3.8) is 0 Å². The number of unbranched alkanes of at least 4 members (excludes halogenated alkanes) is 30. The van der Waals surface area contributed by atoms with Crippen LogP contribution in [0.1, 0.15) is 239 Å². The number of carbonyl (C=O) groups is 1. The first-order chi connectivity index (χ1) is 25.2. The van der Waals surface area contributed by atoms with Crippen LogP contribution in [-0.4, -0.2) is 34.9 Å². The standard InChI is InChI=1S/C47H89NO3/c1-3-5-7-9-11-13-15-16-17-18-19-20-21-22-23-24-25-26-27-28-29-30-31-33-34-36-38-40-42-46(50)45(44-49)48-47(51)43-41-39-37-35-32-14-12-10-8-6-4-2/h10,12,33-34,40,42,45-46,49-50H,3-9,11,13-32,35-39,41,43-44H2,1-2H3,(H,48,51)/b12-10-,34-33+,42-40+. The topological polar surface area (TPSA) is 69.6 Å². The normalized spacial score (nSPS) is 13.3. The van der Waals surface area contributed by atoms with Gasteiger partial charge in [0.1, 0.15) is 0 Å². The van der Waals surface area contributed by atoms with Crippen molar-refractivity contribution in [1.29, 1.82) is 0 Å². The Bertz CT molecular complexity index is 775. The third-order valence-corrected chi connectivity index (χ3v) is 10.3. The summed E-state index contributed by atoms with van der Waals surface area (Å²) < 4.78 is 0. The zero-order chi connectivity index (χ0) is 37.1. The summed E-state index contributed by atoms with van der Waals surface area (Å²) in [5.41, 5.74) is 0. The van der Waals surface area contributed by atoms with Gasteiger partial charge in [0, 0.05) is 6.42 Å². The molecule has 1 amide bonds. The number of amides is 1. The quantitative estimate of drug-likeness (QED) is 0.0436.